The van der Waals surface area contributed by atoms with Crippen molar-refractivity contribution in [2.45, 2.75) is 26.3 Å². The fourth-order valence-electron chi connectivity index (χ4n) is 2.03. The highest BCUT2D eigenvalue weighted by molar-refractivity contribution is 5.80. The topological polar surface area (TPSA) is 4.93 Å². The van der Waals surface area contributed by atoms with Gasteiger partial charge in [-0.3, -0.25) is 0 Å². The maximum atomic E-state index is 2.40. The highest BCUT2D eigenvalue weighted by atomic mass is 15.0. The van der Waals surface area contributed by atoms with Gasteiger partial charge in [0.15, 0.2) is 0 Å². The molecule has 72 valence electrons. The molecule has 0 aliphatic heterocycles. The molecule has 2 aromatic rings. The molecule has 0 bridgehead atoms. The van der Waals surface area contributed by atoms with Crippen molar-refractivity contribution < 1.29 is 0 Å². The van der Waals surface area contributed by atoms with Gasteiger partial charge in [-0.05, 0) is 48.8 Å². The summed E-state index contributed by atoms with van der Waals surface area (Å²) in [7, 11) is 0. The predicted molar refractivity (Wildman–Crippen MR) is 59.4 cm³/mol. The molecule has 1 aromatic carbocycles. The third kappa shape index (κ3) is 1.33. The summed E-state index contributed by atoms with van der Waals surface area (Å²) in [4.78, 5) is 0. The summed E-state index contributed by atoms with van der Waals surface area (Å²) in [5.41, 5.74) is 2.75. The van der Waals surface area contributed by atoms with Gasteiger partial charge in [0.2, 0.25) is 0 Å². The maximum Gasteiger partial charge on any atom is 0.0483 e. The second-order valence-corrected chi connectivity index (χ2v) is 4.47. The number of hydrogen-bond acceptors (Lipinski definition) is 0. The maximum absolute atomic E-state index is 2.40. The lowest BCUT2D eigenvalue weighted by Crippen LogP contribution is -1.97. The Kier molecular flexibility index (Phi) is 1.66. The number of aryl methyl sites for hydroxylation is 1. The van der Waals surface area contributed by atoms with Crippen molar-refractivity contribution in [2.24, 2.45) is 5.92 Å². The van der Waals surface area contributed by atoms with Gasteiger partial charge in [-0.15, -0.1) is 0 Å². The number of rotatable bonds is 2. The average Bonchev–Trinajstić information content (AvgIpc) is 2.90. The minimum Gasteiger partial charge on any atom is -0.347 e. The van der Waals surface area contributed by atoms with E-state index < -0.39 is 0 Å². The van der Waals surface area contributed by atoms with Crippen LogP contribution >= 0.6 is 0 Å². The molecule has 0 saturated heterocycles. The van der Waals surface area contributed by atoms with E-state index in [2.05, 4.69) is 42.0 Å². The van der Waals surface area contributed by atoms with Gasteiger partial charge >= 0.3 is 0 Å². The van der Waals surface area contributed by atoms with E-state index in [9.17, 15) is 0 Å². The van der Waals surface area contributed by atoms with Gasteiger partial charge < -0.3 is 4.57 Å². The Morgan fingerprint density at radius 2 is 2.14 bits per heavy atom. The molecule has 1 heteroatoms. The number of aromatic nitrogens is 1. The lowest BCUT2D eigenvalue weighted by Gasteiger charge is -2.04. The van der Waals surface area contributed by atoms with Crippen molar-refractivity contribution in [3.63, 3.8) is 0 Å². The smallest absolute Gasteiger partial charge is 0.0483 e. The van der Waals surface area contributed by atoms with Crippen LogP contribution in [-0.4, -0.2) is 4.57 Å². The highest BCUT2D eigenvalue weighted by Gasteiger charge is 2.21. The van der Waals surface area contributed by atoms with Gasteiger partial charge in [0, 0.05) is 18.3 Å². The SMILES string of the molecule is Cc1ccc2ccn(CC3CC3)c2c1. The largest absolute Gasteiger partial charge is 0.347 e. The standard InChI is InChI=1S/C13H15N/c1-10-2-5-12-6-7-14(13(12)8-10)9-11-3-4-11/h2,5-8,11H,3-4,9H2,1H3. The second-order valence-electron chi connectivity index (χ2n) is 4.47. The molecule has 0 amide bonds. The zero-order valence-corrected chi connectivity index (χ0v) is 8.53. The number of benzene rings is 1. The fraction of sp³-hybridized carbons (Fsp3) is 0.385. The van der Waals surface area contributed by atoms with Crippen LogP contribution in [0.25, 0.3) is 10.9 Å². The van der Waals surface area contributed by atoms with E-state index in [1.807, 2.05) is 0 Å². The first-order valence-corrected chi connectivity index (χ1v) is 5.38. The van der Waals surface area contributed by atoms with Gasteiger partial charge in [0.1, 0.15) is 0 Å². The summed E-state index contributed by atoms with van der Waals surface area (Å²) in [5.74, 6) is 0.950. The molecule has 3 rings (SSSR count). The molecule has 1 fully saturated rings. The summed E-state index contributed by atoms with van der Waals surface area (Å²) in [6.45, 7) is 3.38. The summed E-state index contributed by atoms with van der Waals surface area (Å²) in [6.07, 6.45) is 5.07. The molecular weight excluding hydrogens is 170 g/mol. The van der Waals surface area contributed by atoms with Crippen LogP contribution in [0.15, 0.2) is 30.5 Å². The Morgan fingerprint density at radius 1 is 1.29 bits per heavy atom. The van der Waals surface area contributed by atoms with Crippen LogP contribution in [0.4, 0.5) is 0 Å². The number of hydrogen-bond donors (Lipinski definition) is 0. The van der Waals surface area contributed by atoms with E-state index in [4.69, 9.17) is 0 Å². The van der Waals surface area contributed by atoms with Crippen molar-refractivity contribution in [3.8, 4) is 0 Å². The zero-order chi connectivity index (χ0) is 9.54. The Balaban J connectivity index is 2.08. The number of fused-ring (bicyclic) bond motifs is 1. The predicted octanol–water partition coefficient (Wildman–Crippen LogP) is 3.36. The summed E-state index contributed by atoms with van der Waals surface area (Å²) >= 11 is 0. The molecule has 0 spiro atoms. The molecule has 0 atom stereocenters. The first kappa shape index (κ1) is 8.10. The lowest BCUT2D eigenvalue weighted by molar-refractivity contribution is 0.647. The van der Waals surface area contributed by atoms with E-state index in [1.165, 1.54) is 35.9 Å². The van der Waals surface area contributed by atoms with E-state index in [0.717, 1.165) is 5.92 Å². The monoisotopic (exact) mass is 185 g/mol. The van der Waals surface area contributed by atoms with Gasteiger partial charge in [-0.25, -0.2) is 0 Å². The Bertz CT molecular complexity index is 463. The molecule has 1 aliphatic carbocycles. The van der Waals surface area contributed by atoms with E-state index >= 15 is 0 Å². The van der Waals surface area contributed by atoms with Crippen LogP contribution in [-0.2, 0) is 6.54 Å². The zero-order valence-electron chi connectivity index (χ0n) is 8.53. The van der Waals surface area contributed by atoms with Crippen molar-refractivity contribution in [2.75, 3.05) is 0 Å². The molecule has 1 saturated carbocycles. The van der Waals surface area contributed by atoms with Crippen LogP contribution < -0.4 is 0 Å². The van der Waals surface area contributed by atoms with Crippen molar-refractivity contribution in [1.29, 1.82) is 0 Å². The van der Waals surface area contributed by atoms with Gasteiger partial charge in [-0.2, -0.15) is 0 Å². The second kappa shape index (κ2) is 2.88. The molecule has 0 radical (unpaired) electrons. The lowest BCUT2D eigenvalue weighted by atomic mass is 10.2. The van der Waals surface area contributed by atoms with Crippen molar-refractivity contribution in [1.82, 2.24) is 4.57 Å². The fourth-order valence-corrected chi connectivity index (χ4v) is 2.03. The third-order valence-corrected chi connectivity index (χ3v) is 3.08. The van der Waals surface area contributed by atoms with Gasteiger partial charge in [-0.1, -0.05) is 12.1 Å². The molecule has 0 N–H and O–H groups in total. The van der Waals surface area contributed by atoms with E-state index in [0.29, 0.717) is 0 Å². The van der Waals surface area contributed by atoms with Crippen molar-refractivity contribution >= 4 is 10.9 Å². The Hall–Kier alpha value is -1.24. The molecule has 1 nitrogen and oxygen atoms in total. The quantitative estimate of drug-likeness (QED) is 0.676. The molecule has 0 unspecified atom stereocenters. The molecule has 14 heavy (non-hydrogen) atoms. The molecule has 1 aromatic heterocycles. The normalized spacial score (nSPS) is 16.4. The molecule has 1 aliphatic rings. The van der Waals surface area contributed by atoms with Crippen LogP contribution in [0, 0.1) is 12.8 Å². The van der Waals surface area contributed by atoms with Gasteiger partial charge in [0.25, 0.3) is 0 Å². The highest BCUT2D eigenvalue weighted by Crippen LogP contribution is 2.32. The first-order valence-electron chi connectivity index (χ1n) is 5.38. The Labute approximate surface area is 84.4 Å². The number of nitrogens with zero attached hydrogens (tertiary/aromatic N) is 1. The van der Waals surface area contributed by atoms with Crippen LogP contribution in [0.2, 0.25) is 0 Å². The van der Waals surface area contributed by atoms with Crippen LogP contribution in [0.1, 0.15) is 18.4 Å². The minimum absolute atomic E-state index is 0.950. The minimum atomic E-state index is 0.950. The van der Waals surface area contributed by atoms with Gasteiger partial charge in [0.05, 0.1) is 0 Å². The van der Waals surface area contributed by atoms with Crippen LogP contribution in [0.3, 0.4) is 0 Å². The summed E-state index contributed by atoms with van der Waals surface area (Å²) < 4.78 is 2.40. The summed E-state index contributed by atoms with van der Waals surface area (Å²) in [6, 6.07) is 8.91. The first-order chi connectivity index (χ1) is 6.83. The third-order valence-electron chi connectivity index (χ3n) is 3.08. The molecule has 1 heterocycles. The summed E-state index contributed by atoms with van der Waals surface area (Å²) in [5, 5.41) is 1.37. The molecular formula is C13H15N. The average molecular weight is 185 g/mol. The van der Waals surface area contributed by atoms with E-state index in [1.54, 1.807) is 0 Å². The van der Waals surface area contributed by atoms with Crippen LogP contribution in [0.5, 0.6) is 0 Å². The Morgan fingerprint density at radius 3 is 2.93 bits per heavy atom. The van der Waals surface area contributed by atoms with Crippen molar-refractivity contribution in [3.05, 3.63) is 36.0 Å². The van der Waals surface area contributed by atoms with E-state index in [-0.39, 0.29) is 0 Å².